The monoisotopic (exact) mass is 422 g/mol. The van der Waals surface area contributed by atoms with Crippen molar-refractivity contribution in [3.8, 4) is 0 Å². The molecule has 1 N–H and O–H groups in total. The molecule has 0 unspecified atom stereocenters. The van der Waals surface area contributed by atoms with E-state index in [4.69, 9.17) is 0 Å². The molecule has 6 heteroatoms. The van der Waals surface area contributed by atoms with Gasteiger partial charge in [0.15, 0.2) is 0 Å². The van der Waals surface area contributed by atoms with Crippen LogP contribution in [0.5, 0.6) is 0 Å². The normalized spacial score (nSPS) is 11.4. The molecule has 156 valence electrons. The van der Waals surface area contributed by atoms with Crippen LogP contribution in [0.15, 0.2) is 83.8 Å². The Kier molecular flexibility index (Phi) is 7.03. The van der Waals surface area contributed by atoms with E-state index in [1.54, 1.807) is 24.3 Å². The van der Waals surface area contributed by atoms with Crippen molar-refractivity contribution in [2.75, 3.05) is 6.54 Å². The van der Waals surface area contributed by atoms with Crippen LogP contribution in [-0.4, -0.2) is 25.2 Å². The number of nitrogens with one attached hydrogen (secondary N) is 1. The van der Waals surface area contributed by atoms with Gasteiger partial charge in [0.25, 0.3) is 0 Å². The number of carbonyl (C=O) groups is 1. The largest absolute Gasteiger partial charge is 0.351 e. The van der Waals surface area contributed by atoms with E-state index in [-0.39, 0.29) is 23.9 Å². The Hall–Kier alpha value is -2.96. The molecule has 0 spiro atoms. The molecule has 0 saturated heterocycles. The predicted molar refractivity (Wildman–Crippen MR) is 118 cm³/mol. The van der Waals surface area contributed by atoms with Gasteiger partial charge in [0.2, 0.25) is 15.9 Å². The second-order valence-corrected chi connectivity index (χ2v) is 9.27. The van der Waals surface area contributed by atoms with Crippen LogP contribution >= 0.6 is 0 Å². The lowest BCUT2D eigenvalue weighted by molar-refractivity contribution is -0.121. The number of hydrogen-bond donors (Lipinski definition) is 1. The second kappa shape index (κ2) is 9.69. The third-order valence-electron chi connectivity index (χ3n) is 4.79. The van der Waals surface area contributed by atoms with Crippen molar-refractivity contribution < 1.29 is 13.2 Å². The summed E-state index contributed by atoms with van der Waals surface area (Å²) in [5, 5.41) is 2.81. The standard InChI is InChI=1S/C24H26N2O3S/c1-19-8-12-22(13-9-19)17-26(30(28,29)23-14-10-20(2)11-15-23)18-24(27)25-16-21-6-4-3-5-7-21/h3-15H,16-18H2,1-2H3,(H,25,27). The van der Waals surface area contributed by atoms with Gasteiger partial charge >= 0.3 is 0 Å². The van der Waals surface area contributed by atoms with E-state index in [0.717, 1.165) is 22.3 Å². The van der Waals surface area contributed by atoms with E-state index in [9.17, 15) is 13.2 Å². The molecule has 0 aromatic heterocycles. The van der Waals surface area contributed by atoms with E-state index < -0.39 is 10.0 Å². The number of carbonyl (C=O) groups excluding carboxylic acids is 1. The number of sulfonamides is 1. The Balaban J connectivity index is 1.80. The molecule has 3 aromatic rings. The Morgan fingerprint density at radius 1 is 0.800 bits per heavy atom. The van der Waals surface area contributed by atoms with Crippen molar-refractivity contribution in [3.05, 3.63) is 101 Å². The highest BCUT2D eigenvalue weighted by atomic mass is 32.2. The number of benzene rings is 3. The molecular weight excluding hydrogens is 396 g/mol. The van der Waals surface area contributed by atoms with Crippen LogP contribution in [0.2, 0.25) is 0 Å². The molecule has 3 aromatic carbocycles. The zero-order chi connectivity index (χ0) is 21.6. The summed E-state index contributed by atoms with van der Waals surface area (Å²) in [7, 11) is -3.83. The van der Waals surface area contributed by atoms with E-state index in [2.05, 4.69) is 5.32 Å². The molecule has 30 heavy (non-hydrogen) atoms. The van der Waals surface area contributed by atoms with Gasteiger partial charge < -0.3 is 5.32 Å². The number of rotatable bonds is 8. The predicted octanol–water partition coefficient (Wildman–Crippen LogP) is 3.81. The average Bonchev–Trinajstić information content (AvgIpc) is 2.74. The van der Waals surface area contributed by atoms with E-state index >= 15 is 0 Å². The van der Waals surface area contributed by atoms with Gasteiger partial charge in [-0.05, 0) is 37.1 Å². The second-order valence-electron chi connectivity index (χ2n) is 7.33. The van der Waals surface area contributed by atoms with Crippen molar-refractivity contribution in [1.29, 1.82) is 0 Å². The minimum atomic E-state index is -3.83. The van der Waals surface area contributed by atoms with Crippen LogP contribution in [0.25, 0.3) is 0 Å². The summed E-state index contributed by atoms with van der Waals surface area (Å²) in [6.07, 6.45) is 0. The molecule has 3 rings (SSSR count). The molecule has 0 aliphatic rings. The third-order valence-corrected chi connectivity index (χ3v) is 6.60. The summed E-state index contributed by atoms with van der Waals surface area (Å²) in [5.41, 5.74) is 3.84. The molecule has 0 heterocycles. The first-order chi connectivity index (χ1) is 14.3. The number of amides is 1. The van der Waals surface area contributed by atoms with Crippen LogP contribution in [0.1, 0.15) is 22.3 Å². The number of hydrogen-bond acceptors (Lipinski definition) is 3. The van der Waals surface area contributed by atoms with Gasteiger partial charge in [-0.15, -0.1) is 0 Å². The number of aryl methyl sites for hydroxylation is 2. The van der Waals surface area contributed by atoms with E-state index in [1.165, 1.54) is 4.31 Å². The Bertz CT molecular complexity index is 1080. The summed E-state index contributed by atoms with van der Waals surface area (Å²) in [6, 6.07) is 23.8. The van der Waals surface area contributed by atoms with E-state index in [1.807, 2.05) is 68.4 Å². The van der Waals surface area contributed by atoms with Gasteiger partial charge in [0, 0.05) is 13.1 Å². The first-order valence-electron chi connectivity index (χ1n) is 9.77. The van der Waals surface area contributed by atoms with Gasteiger partial charge in [0.05, 0.1) is 11.4 Å². The fourth-order valence-electron chi connectivity index (χ4n) is 2.99. The molecule has 0 atom stereocenters. The van der Waals surface area contributed by atoms with Crippen LogP contribution in [-0.2, 0) is 27.9 Å². The fourth-order valence-corrected chi connectivity index (χ4v) is 4.38. The molecule has 0 bridgehead atoms. The summed E-state index contributed by atoms with van der Waals surface area (Å²) < 4.78 is 27.8. The zero-order valence-electron chi connectivity index (χ0n) is 17.2. The zero-order valence-corrected chi connectivity index (χ0v) is 18.0. The lowest BCUT2D eigenvalue weighted by Gasteiger charge is -2.22. The first kappa shape index (κ1) is 21.7. The van der Waals surface area contributed by atoms with Crippen LogP contribution in [0.3, 0.4) is 0 Å². The lowest BCUT2D eigenvalue weighted by atomic mass is 10.1. The van der Waals surface area contributed by atoms with Gasteiger partial charge in [-0.2, -0.15) is 4.31 Å². The summed E-state index contributed by atoms with van der Waals surface area (Å²) in [6.45, 7) is 4.09. The molecule has 0 aliphatic carbocycles. The lowest BCUT2D eigenvalue weighted by Crippen LogP contribution is -2.40. The Labute approximate surface area is 178 Å². The molecule has 0 aliphatic heterocycles. The van der Waals surface area contributed by atoms with Gasteiger partial charge in [-0.1, -0.05) is 77.9 Å². The summed E-state index contributed by atoms with van der Waals surface area (Å²) in [5.74, 6) is -0.346. The fraction of sp³-hybridized carbons (Fsp3) is 0.208. The van der Waals surface area contributed by atoms with Crippen LogP contribution in [0.4, 0.5) is 0 Å². The molecule has 0 radical (unpaired) electrons. The molecule has 1 amide bonds. The maximum absolute atomic E-state index is 13.3. The highest BCUT2D eigenvalue weighted by Gasteiger charge is 2.26. The van der Waals surface area contributed by atoms with Gasteiger partial charge in [0.1, 0.15) is 0 Å². The first-order valence-corrected chi connectivity index (χ1v) is 11.2. The minimum Gasteiger partial charge on any atom is -0.351 e. The average molecular weight is 423 g/mol. The maximum Gasteiger partial charge on any atom is 0.243 e. The van der Waals surface area contributed by atoms with Gasteiger partial charge in [-0.25, -0.2) is 8.42 Å². The van der Waals surface area contributed by atoms with Crippen molar-refractivity contribution in [1.82, 2.24) is 9.62 Å². The minimum absolute atomic E-state index is 0.120. The van der Waals surface area contributed by atoms with Crippen molar-refractivity contribution in [3.63, 3.8) is 0 Å². The number of nitrogens with zero attached hydrogens (tertiary/aromatic N) is 1. The van der Waals surface area contributed by atoms with E-state index in [0.29, 0.717) is 6.54 Å². The molecule has 0 fully saturated rings. The van der Waals surface area contributed by atoms with Crippen molar-refractivity contribution in [2.45, 2.75) is 31.8 Å². The summed E-state index contributed by atoms with van der Waals surface area (Å²) >= 11 is 0. The summed E-state index contributed by atoms with van der Waals surface area (Å²) in [4.78, 5) is 12.8. The molecule has 0 saturated carbocycles. The van der Waals surface area contributed by atoms with Crippen molar-refractivity contribution >= 4 is 15.9 Å². The quantitative estimate of drug-likeness (QED) is 0.600. The Morgan fingerprint density at radius 3 is 1.97 bits per heavy atom. The topological polar surface area (TPSA) is 66.5 Å². The SMILES string of the molecule is Cc1ccc(CN(CC(=O)NCc2ccccc2)S(=O)(=O)c2ccc(C)cc2)cc1. The van der Waals surface area contributed by atoms with Gasteiger partial charge in [-0.3, -0.25) is 4.79 Å². The smallest absolute Gasteiger partial charge is 0.243 e. The van der Waals surface area contributed by atoms with Crippen LogP contribution < -0.4 is 5.32 Å². The Morgan fingerprint density at radius 2 is 1.37 bits per heavy atom. The van der Waals surface area contributed by atoms with Crippen molar-refractivity contribution in [2.24, 2.45) is 0 Å². The van der Waals surface area contributed by atoms with Crippen LogP contribution in [0, 0.1) is 13.8 Å². The highest BCUT2D eigenvalue weighted by molar-refractivity contribution is 7.89. The molecular formula is C24H26N2O3S. The third kappa shape index (κ3) is 5.78. The maximum atomic E-state index is 13.3. The highest BCUT2D eigenvalue weighted by Crippen LogP contribution is 2.19. The molecule has 5 nitrogen and oxygen atoms in total.